The van der Waals surface area contributed by atoms with E-state index < -0.39 is 94.4 Å². The topological polar surface area (TPSA) is 189 Å². The van der Waals surface area contributed by atoms with Crippen LogP contribution in [0.25, 0.3) is 43.6 Å². The summed E-state index contributed by atoms with van der Waals surface area (Å²) in [6.45, 7) is 34.7. The van der Waals surface area contributed by atoms with E-state index in [1.165, 1.54) is 73.7 Å². The lowest BCUT2D eigenvalue weighted by Gasteiger charge is -2.44. The molecule has 9 aromatic carbocycles. The van der Waals surface area contributed by atoms with Crippen LogP contribution in [-0.4, -0.2) is 237 Å². The average Bonchev–Trinajstić information content (AvgIpc) is 1.58. The number of likely N-dealkylation sites (tertiary alicyclic amines) is 4. The van der Waals surface area contributed by atoms with Gasteiger partial charge in [0, 0.05) is 241 Å². The first-order valence-electron chi connectivity index (χ1n) is 53.8. The standard InChI is InChI=1S/C32H33F2N3O2.C30H38F3N3O.C29H32F3N3O2.C29H34F2N4O2/c1-3-21-18-36(19-21)13-14-39-23-16-26(33)29(27(34)17-23)31-30-25(24-11-7-8-12-28(24)35-30)15-20(2)37(31)32(38)22-9-5-4-6-10-22;1-18-10-11-35(15-18)20(3)16-37-21-13-24(31)27(25(32)14-21)29-28-23(22-8-6-7-9-26(22)34-28)12-19(2)36(29)17-30(4,5)33;1-3-17-14-34(15-17)8-9-37-18-11-23(31)26(24(32)12-18)28-27-20(19-6-4-5-7-25(19)33-27)10-16(2)35(28)29(36)21-13-22(21)30;1-3-18-15-34(16-18)8-9-37-20-11-23(30)26(24(31)12-20)28-27-22(21-6-4-5-7-25(21)33-27)10-17(2)35(28)29(36)19-13-32-14-19/h4-12,16-17,20-21,31,35H,3,13-15,18-19H2,1-2H3;6-9,13-14,18-20,29,34H,10-12,15-17H2,1-5H3;4-7,11-12,16-17,21-22,28,33H,3,8-10,13-15H2,1-2H3;4-7,11-12,17-19,28,32-33H,3,8-10,13-16H2,1-2H3/t20-,31-;18-,19-,20+,29-;16-,21?,22?,28-;17-,28-/m1111/s1. The van der Waals surface area contributed by atoms with E-state index in [9.17, 15) is 23.2 Å². The normalized spacial score (nSPS) is 22.9. The molecule has 3 amide bonds. The molecule has 10 aliphatic rings. The predicted molar refractivity (Wildman–Crippen MR) is 564 cm³/mol. The maximum atomic E-state index is 15.9. The summed E-state index contributed by atoms with van der Waals surface area (Å²) < 4.78 is 178. The Morgan fingerprint density at radius 1 is 0.413 bits per heavy atom. The molecule has 5 N–H and O–H groups in total. The summed E-state index contributed by atoms with van der Waals surface area (Å²) in [5, 5.41) is 7.19. The summed E-state index contributed by atoms with van der Waals surface area (Å²) in [7, 11) is 0. The molecule has 0 spiro atoms. The van der Waals surface area contributed by atoms with Crippen LogP contribution in [-0.2, 0) is 35.3 Å². The van der Waals surface area contributed by atoms with Crippen molar-refractivity contribution in [1.29, 1.82) is 0 Å². The first-order valence-corrected chi connectivity index (χ1v) is 53.8. The molecular weight excluding hydrogens is 1930 g/mol. The van der Waals surface area contributed by atoms with E-state index in [4.69, 9.17) is 18.9 Å². The third kappa shape index (κ3) is 21.5. The zero-order valence-electron chi connectivity index (χ0n) is 87.3. The van der Waals surface area contributed by atoms with Crippen molar-refractivity contribution in [2.24, 2.45) is 35.5 Å². The molecule has 23 rings (SSSR count). The number of nitrogens with one attached hydrogen (secondary N) is 5. The van der Waals surface area contributed by atoms with E-state index in [-0.39, 0.29) is 106 Å². The van der Waals surface area contributed by atoms with Crippen molar-refractivity contribution in [2.45, 2.75) is 200 Å². The summed E-state index contributed by atoms with van der Waals surface area (Å²) in [4.78, 5) is 70.1. The van der Waals surface area contributed by atoms with Gasteiger partial charge in [-0.3, -0.25) is 38.9 Å². The van der Waals surface area contributed by atoms with E-state index in [1.807, 2.05) is 136 Å². The smallest absolute Gasteiger partial charge is 0.254 e. The number of benzene rings is 9. The summed E-state index contributed by atoms with van der Waals surface area (Å²) in [5.74, 6) is -3.96. The average molecular weight is 2060 g/mol. The second-order valence-electron chi connectivity index (χ2n) is 44.1. The largest absolute Gasteiger partial charge is 0.492 e. The lowest BCUT2D eigenvalue weighted by Crippen LogP contribution is -2.56. The monoisotopic (exact) mass is 2060 g/mol. The number of fused-ring (bicyclic) bond motifs is 12. The molecule has 1 aliphatic carbocycles. The maximum Gasteiger partial charge on any atom is 0.254 e. The third-order valence-corrected chi connectivity index (χ3v) is 32.9. The van der Waals surface area contributed by atoms with Gasteiger partial charge in [0.15, 0.2) is 0 Å². The molecule has 1 saturated carbocycles. The highest BCUT2D eigenvalue weighted by molar-refractivity contribution is 5.96. The molecule has 13 heterocycles. The van der Waals surface area contributed by atoms with E-state index in [2.05, 4.69) is 79.5 Å². The van der Waals surface area contributed by atoms with Crippen LogP contribution in [0.3, 0.4) is 0 Å². The van der Waals surface area contributed by atoms with Crippen LogP contribution in [0, 0.1) is 82.0 Å². The minimum Gasteiger partial charge on any atom is -0.492 e. The molecule has 6 fully saturated rings. The summed E-state index contributed by atoms with van der Waals surface area (Å²) in [6.07, 6.45) is 5.99. The van der Waals surface area contributed by atoms with Crippen molar-refractivity contribution in [2.75, 3.05) is 118 Å². The zero-order chi connectivity index (χ0) is 105. The van der Waals surface area contributed by atoms with E-state index in [0.29, 0.717) is 100 Å². The van der Waals surface area contributed by atoms with Crippen molar-refractivity contribution in [3.05, 3.63) is 295 Å². The van der Waals surface area contributed by atoms with E-state index in [1.54, 1.807) is 34.1 Å². The molecule has 20 nitrogen and oxygen atoms in total. The fourth-order valence-corrected chi connectivity index (χ4v) is 24.3. The van der Waals surface area contributed by atoms with Gasteiger partial charge in [-0.25, -0.2) is 43.9 Å². The minimum absolute atomic E-state index is 0.0521. The number of aromatic amines is 4. The molecule has 4 aromatic heterocycles. The number of alkyl halides is 2. The van der Waals surface area contributed by atoms with Gasteiger partial charge in [-0.05, 0) is 176 Å². The molecule has 12 atom stereocenters. The van der Waals surface area contributed by atoms with Gasteiger partial charge < -0.3 is 58.9 Å². The van der Waals surface area contributed by atoms with Crippen molar-refractivity contribution in [1.82, 2.24) is 64.5 Å². The number of H-pyrrole nitrogens is 4. The number of amides is 3. The molecule has 0 radical (unpaired) electrons. The summed E-state index contributed by atoms with van der Waals surface area (Å²) >= 11 is 0. The number of hydrogen-bond donors (Lipinski definition) is 5. The second-order valence-corrected chi connectivity index (χ2v) is 44.1. The van der Waals surface area contributed by atoms with Crippen molar-refractivity contribution in [3.63, 3.8) is 0 Å². The van der Waals surface area contributed by atoms with Gasteiger partial charge in [-0.1, -0.05) is 138 Å². The molecular formula is C120H137F10N13O7. The highest BCUT2D eigenvalue weighted by atomic mass is 19.2. The number of rotatable bonds is 28. The van der Waals surface area contributed by atoms with Crippen molar-refractivity contribution < 1.29 is 77.2 Å². The number of ether oxygens (including phenoxy) is 4. The van der Waals surface area contributed by atoms with Gasteiger partial charge in [0.2, 0.25) is 11.8 Å². The van der Waals surface area contributed by atoms with Gasteiger partial charge in [-0.2, -0.15) is 0 Å². The van der Waals surface area contributed by atoms with Crippen LogP contribution >= 0.6 is 0 Å². The number of nitrogens with zero attached hydrogens (tertiary/aromatic N) is 8. The van der Waals surface area contributed by atoms with Crippen molar-refractivity contribution >= 4 is 61.3 Å². The number of carbonyl (C=O) groups is 3. The maximum absolute atomic E-state index is 15.9. The number of aromatic nitrogens is 4. The van der Waals surface area contributed by atoms with Crippen LogP contribution < -0.4 is 24.3 Å². The first-order chi connectivity index (χ1) is 72.2. The van der Waals surface area contributed by atoms with Crippen LogP contribution in [0.5, 0.6) is 23.0 Å². The molecule has 13 aromatic rings. The quantitative estimate of drug-likeness (QED) is 0.0292. The van der Waals surface area contributed by atoms with E-state index >= 15 is 35.1 Å². The van der Waals surface area contributed by atoms with Crippen LogP contribution in [0.2, 0.25) is 0 Å². The number of hydrogen-bond acceptors (Lipinski definition) is 13. The Labute approximate surface area is 870 Å². The molecule has 794 valence electrons. The Morgan fingerprint density at radius 3 is 1.07 bits per heavy atom. The first kappa shape index (κ1) is 105. The molecule has 30 heteroatoms. The predicted octanol–water partition coefficient (Wildman–Crippen LogP) is 22.6. The zero-order valence-corrected chi connectivity index (χ0v) is 87.3. The third-order valence-electron chi connectivity index (χ3n) is 32.9. The van der Waals surface area contributed by atoms with Crippen LogP contribution in [0.15, 0.2) is 176 Å². The number of para-hydroxylation sites is 4. The van der Waals surface area contributed by atoms with Gasteiger partial charge in [0.25, 0.3) is 5.91 Å². The number of halogens is 10. The SMILES string of the molecule is CCC1CN(CCOc2cc(F)c([C@@H]3c4[nH]c5ccccc5c4C[C@@H](C)N3C(=O)C3CC3F)c(F)c2)C1.CCC1CN(CCOc2cc(F)c([C@@H]3c4[nH]c5ccccc5c4C[C@@H](C)N3C(=O)C3CNC3)c(F)c2)C1.CCC1CN(CCOc2cc(F)c([C@@H]3c4[nH]c5ccccc5c4C[C@@H](C)N3C(=O)c3ccccc3)c(F)c2)C1.C[C@@H]1CCN([C@@H](C)COc2cc(F)c([C@@H]3c4[nH]c5ccccc5c4C[C@@H](C)N3CC(C)(C)F)c(F)c2)C1. The Kier molecular flexibility index (Phi) is 30.9. The molecule has 150 heavy (non-hydrogen) atoms. The lowest BCUT2D eigenvalue weighted by atomic mass is 9.86. The number of carbonyl (C=O) groups excluding carboxylic acids is 3. The van der Waals surface area contributed by atoms with Crippen molar-refractivity contribution in [3.8, 4) is 23.0 Å². The molecule has 2 unspecified atom stereocenters. The Balaban J connectivity index is 0.000000121. The molecule has 9 aliphatic heterocycles. The second kappa shape index (κ2) is 44.2. The Morgan fingerprint density at radius 2 is 0.733 bits per heavy atom. The lowest BCUT2D eigenvalue weighted by molar-refractivity contribution is -0.142. The Bertz CT molecular complexity index is 6780. The fraction of sp³-hybridized carbons (Fsp3) is 0.458. The highest BCUT2D eigenvalue weighted by Gasteiger charge is 2.53. The summed E-state index contributed by atoms with van der Waals surface area (Å²) in [5.41, 5.74) is 8.55. The van der Waals surface area contributed by atoms with Gasteiger partial charge in [-0.15, -0.1) is 0 Å². The highest BCUT2D eigenvalue weighted by Crippen LogP contribution is 2.52. The van der Waals surface area contributed by atoms with Gasteiger partial charge in [0.1, 0.15) is 126 Å². The van der Waals surface area contributed by atoms with Crippen LogP contribution in [0.4, 0.5) is 43.9 Å². The van der Waals surface area contributed by atoms with Gasteiger partial charge in [0.05, 0.1) is 34.6 Å². The van der Waals surface area contributed by atoms with Gasteiger partial charge >= 0.3 is 0 Å². The van der Waals surface area contributed by atoms with Crippen LogP contribution in [0.1, 0.15) is 210 Å². The minimum atomic E-state index is -1.53. The van der Waals surface area contributed by atoms with E-state index in [0.717, 1.165) is 174 Å². The Hall–Kier alpha value is -12.2. The molecule has 5 saturated heterocycles. The summed E-state index contributed by atoms with van der Waals surface area (Å²) in [6, 6.07) is 45.7. The fourth-order valence-electron chi connectivity index (χ4n) is 24.3. The molecule has 0 bridgehead atoms.